The second kappa shape index (κ2) is 7.36. The minimum absolute atomic E-state index is 0.0822. The first-order valence-electron chi connectivity index (χ1n) is 9.35. The highest BCUT2D eigenvalue weighted by atomic mass is 16.1. The van der Waals surface area contributed by atoms with E-state index in [4.69, 9.17) is 11.5 Å². The molecule has 7 nitrogen and oxygen atoms in total. The van der Waals surface area contributed by atoms with E-state index in [1.54, 1.807) is 0 Å². The summed E-state index contributed by atoms with van der Waals surface area (Å²) in [6, 6.07) is 6.29. The van der Waals surface area contributed by atoms with Crippen molar-refractivity contribution in [2.75, 3.05) is 10.6 Å². The average molecular weight is 364 g/mol. The number of rotatable bonds is 5. The summed E-state index contributed by atoms with van der Waals surface area (Å²) < 4.78 is 0. The van der Waals surface area contributed by atoms with Crippen molar-refractivity contribution < 1.29 is 4.79 Å². The number of nitrogens with one attached hydrogen (secondary N) is 2. The second-order valence-corrected chi connectivity index (χ2v) is 7.16. The Morgan fingerprint density at radius 3 is 2.89 bits per heavy atom. The third-order valence-electron chi connectivity index (χ3n) is 5.23. The molecule has 1 saturated carbocycles. The lowest BCUT2D eigenvalue weighted by molar-refractivity contribution is 0.100. The minimum atomic E-state index is -0.568. The number of nitrogens with two attached hydrogens (primary N) is 2. The van der Waals surface area contributed by atoms with Gasteiger partial charge in [0.2, 0.25) is 5.95 Å². The molecule has 0 aliphatic heterocycles. The Kier molecular flexibility index (Phi) is 4.77. The van der Waals surface area contributed by atoms with Crippen LogP contribution in [-0.4, -0.2) is 28.0 Å². The van der Waals surface area contributed by atoms with E-state index in [0.717, 1.165) is 37.8 Å². The molecule has 1 heterocycles. The van der Waals surface area contributed by atoms with Crippen molar-refractivity contribution in [3.63, 3.8) is 0 Å². The third kappa shape index (κ3) is 3.78. The van der Waals surface area contributed by atoms with Crippen LogP contribution in [0.2, 0.25) is 0 Å². The molecule has 0 saturated heterocycles. The van der Waals surface area contributed by atoms with Crippen LogP contribution in [0.3, 0.4) is 0 Å². The van der Waals surface area contributed by atoms with Gasteiger partial charge in [-0.05, 0) is 42.5 Å². The number of nitrogens with zero attached hydrogens (tertiary/aromatic N) is 2. The van der Waals surface area contributed by atoms with Gasteiger partial charge in [-0.25, -0.2) is 4.98 Å². The lowest BCUT2D eigenvalue weighted by atomic mass is 9.91. The molecule has 6 N–H and O–H groups in total. The largest absolute Gasteiger partial charge is 0.365 e. The summed E-state index contributed by atoms with van der Waals surface area (Å²) in [6.07, 6.45) is 10.9. The van der Waals surface area contributed by atoms with E-state index >= 15 is 0 Å². The van der Waals surface area contributed by atoms with E-state index in [-0.39, 0.29) is 17.6 Å². The number of primary amides is 1. The Labute approximate surface area is 158 Å². The second-order valence-electron chi connectivity index (χ2n) is 7.16. The summed E-state index contributed by atoms with van der Waals surface area (Å²) in [5.74, 6) is 0.282. The van der Waals surface area contributed by atoms with Gasteiger partial charge in [0.05, 0.1) is 0 Å². The fourth-order valence-corrected chi connectivity index (χ4v) is 3.70. The zero-order valence-corrected chi connectivity index (χ0v) is 15.1. The van der Waals surface area contributed by atoms with Gasteiger partial charge in [0.15, 0.2) is 0 Å². The molecule has 1 fully saturated rings. The molecular weight excluding hydrogens is 340 g/mol. The van der Waals surface area contributed by atoms with Crippen LogP contribution in [0.25, 0.3) is 6.08 Å². The number of hydrogen-bond acceptors (Lipinski definition) is 6. The molecule has 2 aromatic rings. The Morgan fingerprint density at radius 2 is 2.07 bits per heavy atom. The lowest BCUT2D eigenvalue weighted by Gasteiger charge is -2.29. The molecule has 1 aromatic carbocycles. The maximum Gasteiger partial charge on any atom is 0.254 e. The first-order valence-corrected chi connectivity index (χ1v) is 9.35. The molecule has 2 aliphatic carbocycles. The Balaban J connectivity index is 1.58. The number of hydrogen-bond donors (Lipinski definition) is 4. The van der Waals surface area contributed by atoms with Gasteiger partial charge in [-0.15, -0.1) is 0 Å². The zero-order valence-electron chi connectivity index (χ0n) is 15.1. The maximum atomic E-state index is 11.8. The number of benzene rings is 1. The maximum absolute atomic E-state index is 11.8. The number of carbonyl (C=O) groups excluding carboxylic acids is 1. The highest BCUT2D eigenvalue weighted by Crippen LogP contribution is 2.27. The van der Waals surface area contributed by atoms with Crippen LogP contribution in [0.1, 0.15) is 47.2 Å². The SMILES string of the molecule is NC(=O)c1cnc(N[C@@H]2CCCC[C@@H]2N)nc1Nc1ccc2c(c1)CC=C2. The molecule has 2 atom stereocenters. The van der Waals surface area contributed by atoms with Crippen LogP contribution in [0.15, 0.2) is 30.5 Å². The molecular formula is C20H24N6O. The molecule has 7 heteroatoms. The van der Waals surface area contributed by atoms with Gasteiger partial charge in [-0.3, -0.25) is 4.79 Å². The molecule has 4 rings (SSSR count). The van der Waals surface area contributed by atoms with Crippen LogP contribution in [0.5, 0.6) is 0 Å². The van der Waals surface area contributed by atoms with Crippen LogP contribution >= 0.6 is 0 Å². The van der Waals surface area contributed by atoms with Gasteiger partial charge in [0, 0.05) is 24.0 Å². The van der Waals surface area contributed by atoms with Gasteiger partial charge < -0.3 is 22.1 Å². The van der Waals surface area contributed by atoms with Gasteiger partial charge in [-0.1, -0.05) is 31.1 Å². The predicted molar refractivity (Wildman–Crippen MR) is 107 cm³/mol. The van der Waals surface area contributed by atoms with E-state index < -0.39 is 5.91 Å². The predicted octanol–water partition coefficient (Wildman–Crippen LogP) is 2.57. The molecule has 0 bridgehead atoms. The van der Waals surface area contributed by atoms with Gasteiger partial charge in [0.25, 0.3) is 5.91 Å². The number of allylic oxidation sites excluding steroid dienone is 1. The van der Waals surface area contributed by atoms with Crippen molar-refractivity contribution in [3.05, 3.63) is 47.2 Å². The number of amides is 1. The minimum Gasteiger partial charge on any atom is -0.365 e. The summed E-state index contributed by atoms with van der Waals surface area (Å²) >= 11 is 0. The molecule has 140 valence electrons. The zero-order chi connectivity index (χ0) is 18.8. The Bertz CT molecular complexity index is 894. The lowest BCUT2D eigenvalue weighted by Crippen LogP contribution is -2.43. The van der Waals surface area contributed by atoms with E-state index in [9.17, 15) is 4.79 Å². The van der Waals surface area contributed by atoms with Crippen LogP contribution in [-0.2, 0) is 6.42 Å². The van der Waals surface area contributed by atoms with Crippen molar-refractivity contribution in [2.45, 2.75) is 44.2 Å². The fourth-order valence-electron chi connectivity index (χ4n) is 3.70. The number of carbonyl (C=O) groups is 1. The van der Waals surface area contributed by atoms with Gasteiger partial charge in [0.1, 0.15) is 11.4 Å². The average Bonchev–Trinajstić information content (AvgIpc) is 3.11. The molecule has 1 aromatic heterocycles. The van der Waals surface area contributed by atoms with E-state index in [1.807, 2.05) is 12.1 Å². The summed E-state index contributed by atoms with van der Waals surface area (Å²) in [6.45, 7) is 0. The summed E-state index contributed by atoms with van der Waals surface area (Å²) in [4.78, 5) is 20.6. The van der Waals surface area contributed by atoms with Crippen LogP contribution in [0.4, 0.5) is 17.5 Å². The Morgan fingerprint density at radius 1 is 1.22 bits per heavy atom. The summed E-state index contributed by atoms with van der Waals surface area (Å²) in [5, 5.41) is 6.54. The molecule has 27 heavy (non-hydrogen) atoms. The van der Waals surface area contributed by atoms with Crippen molar-refractivity contribution in [1.29, 1.82) is 0 Å². The van der Waals surface area contributed by atoms with Gasteiger partial charge >= 0.3 is 0 Å². The smallest absolute Gasteiger partial charge is 0.254 e. The molecule has 0 radical (unpaired) electrons. The Hall–Kier alpha value is -2.93. The third-order valence-corrected chi connectivity index (χ3v) is 5.23. The summed E-state index contributed by atoms with van der Waals surface area (Å²) in [7, 11) is 0. The van der Waals surface area contributed by atoms with Crippen molar-refractivity contribution in [1.82, 2.24) is 9.97 Å². The number of anilines is 3. The van der Waals surface area contributed by atoms with Crippen LogP contribution in [0, 0.1) is 0 Å². The first kappa shape index (κ1) is 17.5. The van der Waals surface area contributed by atoms with Crippen molar-refractivity contribution in [2.24, 2.45) is 11.5 Å². The topological polar surface area (TPSA) is 119 Å². The standard InChI is InChI=1S/C20H24N6O/c21-16-6-1-2-7-17(16)25-20-23-11-15(18(22)27)19(26-20)24-14-9-8-12-4-3-5-13(12)10-14/h3-4,8-11,16-17H,1-2,5-7,21H2,(H2,22,27)(H2,23,24,25,26)/t16-,17+/m0/s1. The highest BCUT2D eigenvalue weighted by Gasteiger charge is 2.23. The van der Waals surface area contributed by atoms with Crippen molar-refractivity contribution >= 4 is 29.4 Å². The normalized spacial score (nSPS) is 20.9. The van der Waals surface area contributed by atoms with E-state index in [1.165, 1.54) is 17.3 Å². The number of fused-ring (bicyclic) bond motifs is 1. The van der Waals surface area contributed by atoms with Gasteiger partial charge in [-0.2, -0.15) is 4.98 Å². The summed E-state index contributed by atoms with van der Waals surface area (Å²) in [5.41, 5.74) is 15.3. The first-order chi connectivity index (χ1) is 13.1. The molecule has 0 spiro atoms. The van der Waals surface area contributed by atoms with E-state index in [2.05, 4.69) is 38.8 Å². The fraction of sp³-hybridized carbons (Fsp3) is 0.350. The monoisotopic (exact) mass is 364 g/mol. The quantitative estimate of drug-likeness (QED) is 0.647. The molecule has 2 aliphatic rings. The van der Waals surface area contributed by atoms with Crippen molar-refractivity contribution in [3.8, 4) is 0 Å². The van der Waals surface area contributed by atoms with Crippen LogP contribution < -0.4 is 22.1 Å². The number of aromatic nitrogens is 2. The van der Waals surface area contributed by atoms with E-state index in [0.29, 0.717) is 11.8 Å². The molecule has 1 amide bonds. The highest BCUT2D eigenvalue weighted by molar-refractivity contribution is 5.98. The molecule has 0 unspecified atom stereocenters.